The molecule has 3 rings (SSSR count). The van der Waals surface area contributed by atoms with Gasteiger partial charge in [-0.05, 0) is 18.2 Å². The molecular formula is C19H21N3O6S. The summed E-state index contributed by atoms with van der Waals surface area (Å²) in [4.78, 5) is 25.9. The van der Waals surface area contributed by atoms with Crippen LogP contribution in [0.4, 0.5) is 10.5 Å². The number of nitrogens with zero attached hydrogens (tertiary/aromatic N) is 1. The number of phenolic OH excluding ortho intramolecular Hbond substituents is 1. The van der Waals surface area contributed by atoms with E-state index in [0.717, 1.165) is 5.56 Å². The van der Waals surface area contributed by atoms with Crippen LogP contribution in [0.2, 0.25) is 0 Å². The molecule has 9 nitrogen and oxygen atoms in total. The average molecular weight is 419 g/mol. The smallest absolute Gasteiger partial charge is 0.341 e. The molecule has 0 atom stereocenters. The largest absolute Gasteiger partial charge is 0.508 e. The SMILES string of the molecule is CCS(=O)(=O)CCC(=O)NNC(=O)N1Cc2ccccc2Oc2ccc(O)cc21. The summed E-state index contributed by atoms with van der Waals surface area (Å²) in [6.45, 7) is 1.64. The summed E-state index contributed by atoms with van der Waals surface area (Å²) in [6, 6.07) is 10.9. The van der Waals surface area contributed by atoms with Gasteiger partial charge in [0.25, 0.3) is 0 Å². The highest BCUT2D eigenvalue weighted by Gasteiger charge is 2.26. The minimum atomic E-state index is -3.28. The van der Waals surface area contributed by atoms with Gasteiger partial charge in [-0.1, -0.05) is 25.1 Å². The summed E-state index contributed by atoms with van der Waals surface area (Å²) in [6.07, 6.45) is -0.264. The number of carbonyl (C=O) groups excluding carboxylic acids is 2. The fraction of sp³-hybridized carbons (Fsp3) is 0.263. The standard InChI is InChI=1S/C19H21N3O6S/c1-2-29(26,27)10-9-18(24)20-21-19(25)22-12-13-5-3-4-6-16(13)28-17-8-7-14(23)11-15(17)22/h3-8,11,23H,2,9-10,12H2,1H3,(H,20,24)(H,21,25). The minimum absolute atomic E-state index is 0.0510. The Morgan fingerprint density at radius 2 is 1.90 bits per heavy atom. The van der Waals surface area contributed by atoms with Gasteiger partial charge >= 0.3 is 6.03 Å². The molecule has 2 aromatic carbocycles. The number of urea groups is 1. The zero-order chi connectivity index (χ0) is 21.0. The molecule has 1 heterocycles. The number of sulfone groups is 1. The Labute approximate surface area is 168 Å². The van der Waals surface area contributed by atoms with E-state index in [4.69, 9.17) is 4.74 Å². The quantitative estimate of drug-likeness (QED) is 0.652. The first-order chi connectivity index (χ1) is 13.8. The number of hydrogen-bond acceptors (Lipinski definition) is 6. The van der Waals surface area contributed by atoms with Gasteiger partial charge in [0.05, 0.1) is 18.0 Å². The minimum Gasteiger partial charge on any atom is -0.508 e. The highest BCUT2D eigenvalue weighted by Crippen LogP contribution is 2.40. The Bertz CT molecular complexity index is 1040. The molecule has 0 aromatic heterocycles. The number of amides is 3. The van der Waals surface area contributed by atoms with E-state index < -0.39 is 21.8 Å². The van der Waals surface area contributed by atoms with Gasteiger partial charge in [-0.3, -0.25) is 15.1 Å². The number of nitrogens with one attached hydrogen (secondary N) is 2. The summed E-state index contributed by atoms with van der Waals surface area (Å²) in [5.41, 5.74) is 5.55. The van der Waals surface area contributed by atoms with Crippen LogP contribution >= 0.6 is 0 Å². The number of hydrazine groups is 1. The lowest BCUT2D eigenvalue weighted by molar-refractivity contribution is -0.121. The van der Waals surface area contributed by atoms with Crippen molar-refractivity contribution in [2.24, 2.45) is 0 Å². The molecule has 0 saturated heterocycles. The molecule has 154 valence electrons. The Morgan fingerprint density at radius 3 is 2.66 bits per heavy atom. The van der Waals surface area contributed by atoms with E-state index in [1.54, 1.807) is 24.3 Å². The van der Waals surface area contributed by atoms with E-state index in [9.17, 15) is 23.1 Å². The lowest BCUT2D eigenvalue weighted by atomic mass is 10.2. The van der Waals surface area contributed by atoms with E-state index in [1.807, 2.05) is 6.07 Å². The van der Waals surface area contributed by atoms with E-state index in [-0.39, 0.29) is 30.2 Å². The number of aromatic hydroxyl groups is 1. The lowest BCUT2D eigenvalue weighted by Crippen LogP contribution is -2.49. The van der Waals surface area contributed by atoms with Gasteiger partial charge in [0.1, 0.15) is 11.5 Å². The maximum absolute atomic E-state index is 12.7. The van der Waals surface area contributed by atoms with Gasteiger partial charge in [-0.25, -0.2) is 18.6 Å². The molecule has 0 unspecified atom stereocenters. The van der Waals surface area contributed by atoms with Gasteiger partial charge in [0, 0.05) is 23.8 Å². The van der Waals surface area contributed by atoms with Gasteiger partial charge in [-0.2, -0.15) is 0 Å². The summed E-state index contributed by atoms with van der Waals surface area (Å²) in [5.74, 6) is -0.0952. The van der Waals surface area contributed by atoms with Gasteiger partial charge in [0.15, 0.2) is 15.6 Å². The lowest BCUT2D eigenvalue weighted by Gasteiger charge is -2.22. The molecule has 3 N–H and O–H groups in total. The van der Waals surface area contributed by atoms with Crippen LogP contribution in [-0.4, -0.2) is 37.0 Å². The fourth-order valence-electron chi connectivity index (χ4n) is 2.74. The monoisotopic (exact) mass is 419 g/mol. The van der Waals surface area contributed by atoms with Crippen molar-refractivity contribution in [3.63, 3.8) is 0 Å². The molecule has 0 spiro atoms. The number of phenols is 1. The fourth-order valence-corrected chi connectivity index (χ4v) is 3.52. The molecular weight excluding hydrogens is 398 g/mol. The van der Waals surface area contributed by atoms with Crippen molar-refractivity contribution in [1.29, 1.82) is 0 Å². The van der Waals surface area contributed by atoms with Crippen LogP contribution < -0.4 is 20.5 Å². The molecule has 0 bridgehead atoms. The highest BCUT2D eigenvalue weighted by molar-refractivity contribution is 7.91. The Hall–Kier alpha value is -3.27. The molecule has 0 aliphatic carbocycles. The van der Waals surface area contributed by atoms with Crippen LogP contribution in [0.25, 0.3) is 0 Å². The predicted octanol–water partition coefficient (Wildman–Crippen LogP) is 2.07. The topological polar surface area (TPSA) is 125 Å². The molecule has 1 aliphatic rings. The second-order valence-electron chi connectivity index (χ2n) is 6.41. The Kier molecular flexibility index (Phi) is 5.92. The summed E-state index contributed by atoms with van der Waals surface area (Å²) < 4.78 is 28.9. The van der Waals surface area contributed by atoms with Crippen molar-refractivity contribution in [1.82, 2.24) is 10.9 Å². The molecule has 0 radical (unpaired) electrons. The summed E-state index contributed by atoms with van der Waals surface area (Å²) in [7, 11) is -3.28. The molecule has 29 heavy (non-hydrogen) atoms. The van der Waals surface area contributed by atoms with Crippen molar-refractivity contribution in [3.8, 4) is 17.2 Å². The van der Waals surface area contributed by atoms with Gasteiger partial charge in [-0.15, -0.1) is 0 Å². The van der Waals surface area contributed by atoms with Crippen molar-refractivity contribution in [2.45, 2.75) is 19.9 Å². The van der Waals surface area contributed by atoms with Crippen LogP contribution in [0.5, 0.6) is 17.2 Å². The van der Waals surface area contributed by atoms with Crippen molar-refractivity contribution in [3.05, 3.63) is 48.0 Å². The van der Waals surface area contributed by atoms with Gasteiger partial charge < -0.3 is 9.84 Å². The molecule has 1 aliphatic heterocycles. The highest BCUT2D eigenvalue weighted by atomic mass is 32.2. The number of ether oxygens (including phenoxy) is 1. The Morgan fingerprint density at radius 1 is 1.14 bits per heavy atom. The first-order valence-corrected chi connectivity index (χ1v) is 10.8. The second kappa shape index (κ2) is 8.39. The number of benzene rings is 2. The maximum atomic E-state index is 12.7. The third kappa shape index (κ3) is 4.96. The number of fused-ring (bicyclic) bond motifs is 2. The zero-order valence-electron chi connectivity index (χ0n) is 15.7. The van der Waals surface area contributed by atoms with E-state index in [2.05, 4.69) is 10.9 Å². The van der Waals surface area contributed by atoms with Crippen LogP contribution in [0.15, 0.2) is 42.5 Å². The second-order valence-corrected chi connectivity index (χ2v) is 8.89. The van der Waals surface area contributed by atoms with Crippen LogP contribution in [0.1, 0.15) is 18.9 Å². The van der Waals surface area contributed by atoms with Crippen LogP contribution in [0, 0.1) is 0 Å². The third-order valence-corrected chi connectivity index (χ3v) is 6.09. The predicted molar refractivity (Wildman–Crippen MR) is 106 cm³/mol. The Balaban J connectivity index is 1.75. The van der Waals surface area contributed by atoms with Gasteiger partial charge in [0.2, 0.25) is 5.91 Å². The molecule has 2 aromatic rings. The average Bonchev–Trinajstić information content (AvgIpc) is 2.87. The number of rotatable bonds is 4. The van der Waals surface area contributed by atoms with Crippen LogP contribution in [-0.2, 0) is 21.2 Å². The molecule has 0 fully saturated rings. The number of para-hydroxylation sites is 1. The van der Waals surface area contributed by atoms with Crippen molar-refractivity contribution >= 4 is 27.5 Å². The maximum Gasteiger partial charge on any atom is 0.341 e. The number of carbonyl (C=O) groups is 2. The van der Waals surface area contributed by atoms with Crippen molar-refractivity contribution in [2.75, 3.05) is 16.4 Å². The number of anilines is 1. The first-order valence-electron chi connectivity index (χ1n) is 8.94. The molecule has 10 heteroatoms. The molecule has 3 amide bonds. The van der Waals surface area contributed by atoms with Crippen LogP contribution in [0.3, 0.4) is 0 Å². The normalized spacial score (nSPS) is 12.8. The van der Waals surface area contributed by atoms with E-state index in [1.165, 1.54) is 24.0 Å². The number of hydrogen-bond donors (Lipinski definition) is 3. The summed E-state index contributed by atoms with van der Waals surface area (Å²) >= 11 is 0. The first kappa shape index (κ1) is 20.5. The third-order valence-electron chi connectivity index (χ3n) is 4.39. The van der Waals surface area contributed by atoms with E-state index >= 15 is 0 Å². The van der Waals surface area contributed by atoms with Crippen molar-refractivity contribution < 1.29 is 27.9 Å². The zero-order valence-corrected chi connectivity index (χ0v) is 16.5. The molecule has 0 saturated carbocycles. The summed E-state index contributed by atoms with van der Waals surface area (Å²) in [5, 5.41) is 9.84. The van der Waals surface area contributed by atoms with E-state index in [0.29, 0.717) is 17.2 Å².